The standard InChI is InChI=1S/C26H28N4O4/c1-5-6-12-27-26(31)18-13-19(17-14-21(33-3)22(34-4)15-20(17)32-2)28-25-23(18)24(29-30-25)16-10-8-7-9-11-16/h7-11,13-15H,5-6,12H2,1-4H3,(H,27,31)(H,28,29,30). The first-order valence-corrected chi connectivity index (χ1v) is 11.1. The fourth-order valence-corrected chi connectivity index (χ4v) is 3.86. The molecule has 0 aliphatic carbocycles. The van der Waals surface area contributed by atoms with Crippen LogP contribution in [0, 0.1) is 0 Å². The Morgan fingerprint density at radius 2 is 1.68 bits per heavy atom. The first kappa shape index (κ1) is 23.1. The summed E-state index contributed by atoms with van der Waals surface area (Å²) in [6, 6.07) is 15.1. The van der Waals surface area contributed by atoms with Crippen molar-refractivity contribution in [3.05, 3.63) is 54.1 Å². The Kier molecular flexibility index (Phi) is 6.96. The molecule has 4 aromatic rings. The molecule has 4 rings (SSSR count). The monoisotopic (exact) mass is 460 g/mol. The normalized spacial score (nSPS) is 10.8. The smallest absolute Gasteiger partial charge is 0.252 e. The van der Waals surface area contributed by atoms with Gasteiger partial charge in [0.1, 0.15) is 5.75 Å². The lowest BCUT2D eigenvalue weighted by Crippen LogP contribution is -2.24. The summed E-state index contributed by atoms with van der Waals surface area (Å²) in [4.78, 5) is 18.1. The van der Waals surface area contributed by atoms with Gasteiger partial charge in [-0.1, -0.05) is 43.7 Å². The summed E-state index contributed by atoms with van der Waals surface area (Å²) in [5.74, 6) is 1.43. The number of aromatic nitrogens is 3. The predicted octanol–water partition coefficient (Wildman–Crippen LogP) is 4.85. The Labute approximate surface area is 198 Å². The number of unbranched alkanes of at least 4 members (excludes halogenated alkanes) is 1. The van der Waals surface area contributed by atoms with Crippen molar-refractivity contribution in [2.75, 3.05) is 27.9 Å². The number of carbonyl (C=O) groups excluding carboxylic acids is 1. The lowest BCUT2D eigenvalue weighted by atomic mass is 10.0. The van der Waals surface area contributed by atoms with Gasteiger partial charge in [-0.05, 0) is 18.6 Å². The second-order valence-electron chi connectivity index (χ2n) is 7.74. The summed E-state index contributed by atoms with van der Waals surface area (Å²) in [7, 11) is 4.70. The van der Waals surface area contributed by atoms with Crippen molar-refractivity contribution >= 4 is 16.9 Å². The molecule has 0 radical (unpaired) electrons. The van der Waals surface area contributed by atoms with E-state index >= 15 is 0 Å². The van der Waals surface area contributed by atoms with E-state index in [4.69, 9.17) is 19.2 Å². The zero-order valence-electron chi connectivity index (χ0n) is 19.8. The van der Waals surface area contributed by atoms with Crippen LogP contribution in [0.5, 0.6) is 17.2 Å². The van der Waals surface area contributed by atoms with E-state index in [1.165, 1.54) is 0 Å². The van der Waals surface area contributed by atoms with Crippen LogP contribution < -0.4 is 19.5 Å². The number of methoxy groups -OCH3 is 3. The van der Waals surface area contributed by atoms with E-state index in [1.54, 1.807) is 39.5 Å². The fraction of sp³-hybridized carbons (Fsp3) is 0.269. The van der Waals surface area contributed by atoms with Gasteiger partial charge in [-0.3, -0.25) is 9.89 Å². The highest BCUT2D eigenvalue weighted by molar-refractivity contribution is 6.11. The second-order valence-corrected chi connectivity index (χ2v) is 7.74. The van der Waals surface area contributed by atoms with Crippen LogP contribution in [0.25, 0.3) is 33.5 Å². The lowest BCUT2D eigenvalue weighted by molar-refractivity contribution is 0.0955. The molecule has 0 spiro atoms. The van der Waals surface area contributed by atoms with Crippen molar-refractivity contribution in [2.45, 2.75) is 19.8 Å². The van der Waals surface area contributed by atoms with Crippen LogP contribution in [0.15, 0.2) is 48.5 Å². The summed E-state index contributed by atoms with van der Waals surface area (Å²) in [6.45, 7) is 2.68. The largest absolute Gasteiger partial charge is 0.496 e. The summed E-state index contributed by atoms with van der Waals surface area (Å²) in [5, 5.41) is 11.2. The van der Waals surface area contributed by atoms with E-state index in [0.29, 0.717) is 51.6 Å². The van der Waals surface area contributed by atoms with Gasteiger partial charge in [0.05, 0.1) is 43.7 Å². The molecule has 0 saturated carbocycles. The molecule has 0 aliphatic heterocycles. The topological polar surface area (TPSA) is 98.4 Å². The Morgan fingerprint density at radius 1 is 0.971 bits per heavy atom. The van der Waals surface area contributed by atoms with E-state index < -0.39 is 0 Å². The lowest BCUT2D eigenvalue weighted by Gasteiger charge is -2.15. The summed E-state index contributed by atoms with van der Waals surface area (Å²) < 4.78 is 16.5. The molecular formula is C26H28N4O4. The quantitative estimate of drug-likeness (QED) is 0.347. The average Bonchev–Trinajstić information content (AvgIpc) is 3.32. The predicted molar refractivity (Wildman–Crippen MR) is 132 cm³/mol. The van der Waals surface area contributed by atoms with Gasteiger partial charge >= 0.3 is 0 Å². The molecular weight excluding hydrogens is 432 g/mol. The number of nitrogens with one attached hydrogen (secondary N) is 2. The van der Waals surface area contributed by atoms with Crippen LogP contribution >= 0.6 is 0 Å². The highest BCUT2D eigenvalue weighted by atomic mass is 16.5. The number of amides is 1. The molecule has 0 atom stereocenters. The third-order valence-corrected chi connectivity index (χ3v) is 5.63. The van der Waals surface area contributed by atoms with Gasteiger partial charge in [-0.2, -0.15) is 5.10 Å². The molecule has 0 saturated heterocycles. The maximum Gasteiger partial charge on any atom is 0.252 e. The number of carbonyl (C=O) groups is 1. The van der Waals surface area contributed by atoms with Crippen molar-refractivity contribution in [1.29, 1.82) is 0 Å². The average molecular weight is 461 g/mol. The maximum absolute atomic E-state index is 13.3. The minimum atomic E-state index is -0.180. The van der Waals surface area contributed by atoms with E-state index in [0.717, 1.165) is 24.1 Å². The minimum absolute atomic E-state index is 0.180. The molecule has 0 fully saturated rings. The number of H-pyrrole nitrogens is 1. The Morgan fingerprint density at radius 3 is 2.35 bits per heavy atom. The molecule has 0 unspecified atom stereocenters. The number of nitrogens with zero attached hydrogens (tertiary/aromatic N) is 2. The summed E-state index contributed by atoms with van der Waals surface area (Å²) >= 11 is 0. The van der Waals surface area contributed by atoms with Crippen LogP contribution in [0.1, 0.15) is 30.1 Å². The number of benzene rings is 2. The van der Waals surface area contributed by atoms with E-state index in [1.807, 2.05) is 30.3 Å². The maximum atomic E-state index is 13.3. The van der Waals surface area contributed by atoms with Crippen LogP contribution in [-0.2, 0) is 0 Å². The van der Waals surface area contributed by atoms with Crippen molar-refractivity contribution < 1.29 is 19.0 Å². The van der Waals surface area contributed by atoms with E-state index in [2.05, 4.69) is 22.4 Å². The highest BCUT2D eigenvalue weighted by Crippen LogP contribution is 2.41. The van der Waals surface area contributed by atoms with Crippen LogP contribution in [0.3, 0.4) is 0 Å². The molecule has 2 heterocycles. The molecule has 1 amide bonds. The van der Waals surface area contributed by atoms with Gasteiger partial charge in [0.15, 0.2) is 17.1 Å². The van der Waals surface area contributed by atoms with Crippen LogP contribution in [-0.4, -0.2) is 49.0 Å². The molecule has 176 valence electrons. The Hall–Kier alpha value is -4.07. The van der Waals surface area contributed by atoms with Gasteiger partial charge < -0.3 is 19.5 Å². The van der Waals surface area contributed by atoms with E-state index in [9.17, 15) is 4.79 Å². The van der Waals surface area contributed by atoms with Gasteiger partial charge in [0.2, 0.25) is 0 Å². The van der Waals surface area contributed by atoms with Crippen molar-refractivity contribution in [3.63, 3.8) is 0 Å². The summed E-state index contributed by atoms with van der Waals surface area (Å²) in [5.41, 5.74) is 3.79. The minimum Gasteiger partial charge on any atom is -0.496 e. The SMILES string of the molecule is CCCCNC(=O)c1cc(-c2cc(OC)c(OC)cc2OC)nc2n[nH]c(-c3ccccc3)c12. The van der Waals surface area contributed by atoms with Gasteiger partial charge in [-0.15, -0.1) is 0 Å². The molecule has 8 nitrogen and oxygen atoms in total. The molecule has 2 N–H and O–H groups in total. The Bertz CT molecular complexity index is 1300. The number of fused-ring (bicyclic) bond motifs is 1. The Balaban J connectivity index is 1.93. The van der Waals surface area contributed by atoms with Crippen LogP contribution in [0.4, 0.5) is 0 Å². The molecule has 2 aromatic heterocycles. The molecule has 2 aromatic carbocycles. The number of aromatic amines is 1. The van der Waals surface area contributed by atoms with Crippen molar-refractivity contribution in [2.24, 2.45) is 0 Å². The first-order chi connectivity index (χ1) is 16.6. The molecule has 8 heteroatoms. The van der Waals surface area contributed by atoms with Crippen molar-refractivity contribution in [1.82, 2.24) is 20.5 Å². The molecule has 0 bridgehead atoms. The number of hydrogen-bond acceptors (Lipinski definition) is 6. The third kappa shape index (κ3) is 4.39. The third-order valence-electron chi connectivity index (χ3n) is 5.63. The first-order valence-electron chi connectivity index (χ1n) is 11.1. The molecule has 34 heavy (non-hydrogen) atoms. The van der Waals surface area contributed by atoms with Gasteiger partial charge in [0.25, 0.3) is 5.91 Å². The molecule has 0 aliphatic rings. The van der Waals surface area contributed by atoms with Crippen molar-refractivity contribution in [3.8, 4) is 39.8 Å². The number of hydrogen-bond donors (Lipinski definition) is 2. The number of pyridine rings is 1. The van der Waals surface area contributed by atoms with Gasteiger partial charge in [-0.25, -0.2) is 4.98 Å². The zero-order valence-corrected chi connectivity index (χ0v) is 19.8. The van der Waals surface area contributed by atoms with E-state index in [-0.39, 0.29) is 5.91 Å². The number of rotatable bonds is 9. The highest BCUT2D eigenvalue weighted by Gasteiger charge is 2.22. The fourth-order valence-electron chi connectivity index (χ4n) is 3.86. The number of ether oxygens (including phenoxy) is 3. The summed E-state index contributed by atoms with van der Waals surface area (Å²) in [6.07, 6.45) is 1.88. The zero-order chi connectivity index (χ0) is 24.1. The second kappa shape index (κ2) is 10.2. The van der Waals surface area contributed by atoms with Crippen LogP contribution in [0.2, 0.25) is 0 Å². The van der Waals surface area contributed by atoms with Gasteiger partial charge in [0, 0.05) is 23.7 Å².